The predicted molar refractivity (Wildman–Crippen MR) is 126 cm³/mol. The number of ether oxygens (including phenoxy) is 1. The van der Waals surface area contributed by atoms with E-state index in [-0.39, 0.29) is 49.2 Å². The maximum atomic E-state index is 12.2. The Morgan fingerprint density at radius 3 is 2.34 bits per heavy atom. The zero-order valence-electron chi connectivity index (χ0n) is 17.0. The van der Waals surface area contributed by atoms with Gasteiger partial charge in [0.15, 0.2) is 0 Å². The van der Waals surface area contributed by atoms with Gasteiger partial charge in [0.25, 0.3) is 0 Å². The summed E-state index contributed by atoms with van der Waals surface area (Å²) < 4.78 is 5.83. The Morgan fingerprint density at radius 2 is 1.76 bits per heavy atom. The van der Waals surface area contributed by atoms with Gasteiger partial charge in [0.2, 0.25) is 5.91 Å². The highest BCUT2D eigenvalue weighted by atomic mass is 35.5. The molecular weight excluding hydrogens is 435 g/mol. The number of rotatable bonds is 7. The molecule has 3 rings (SSSR count). The number of likely N-dealkylation sites (N-methyl/N-ethyl adjacent to an activating group) is 1. The standard InChI is InChI=1S/C20H32N4O2.3ClH/c1-23-9-11-24(12-10-23)13-14-26-18-7-5-17(6-8-18)22-20(25)15-16-3-2-4-19(16)21;;;/h5-8,16,19H,2-4,9-15,21H2,1H3,(H,22,25);3*1H/t16-,19+;;;/m0.../s1. The number of hydrogen-bond acceptors (Lipinski definition) is 5. The lowest BCUT2D eigenvalue weighted by Crippen LogP contribution is -2.45. The van der Waals surface area contributed by atoms with E-state index in [0.29, 0.717) is 18.9 Å². The van der Waals surface area contributed by atoms with E-state index < -0.39 is 0 Å². The molecule has 168 valence electrons. The number of halogens is 3. The molecule has 1 aromatic carbocycles. The Labute approximate surface area is 193 Å². The molecular formula is C20H35Cl3N4O2. The van der Waals surface area contributed by atoms with E-state index in [0.717, 1.165) is 63.4 Å². The second-order valence-corrected chi connectivity index (χ2v) is 7.62. The van der Waals surface area contributed by atoms with E-state index in [1.807, 2.05) is 24.3 Å². The van der Waals surface area contributed by atoms with Gasteiger partial charge < -0.3 is 20.7 Å². The molecule has 0 radical (unpaired) electrons. The topological polar surface area (TPSA) is 70.8 Å². The summed E-state index contributed by atoms with van der Waals surface area (Å²) in [6.45, 7) is 6.11. The Morgan fingerprint density at radius 1 is 1.10 bits per heavy atom. The van der Waals surface area contributed by atoms with Gasteiger partial charge in [-0.3, -0.25) is 9.69 Å². The van der Waals surface area contributed by atoms with Crippen LogP contribution in [0.15, 0.2) is 24.3 Å². The molecule has 1 amide bonds. The molecule has 1 saturated carbocycles. The van der Waals surface area contributed by atoms with Gasteiger partial charge in [0, 0.05) is 50.9 Å². The van der Waals surface area contributed by atoms with Crippen molar-refractivity contribution in [2.45, 2.75) is 31.7 Å². The number of nitrogens with zero attached hydrogens (tertiary/aromatic N) is 2. The minimum absolute atomic E-state index is 0. The summed E-state index contributed by atoms with van der Waals surface area (Å²) in [6.07, 6.45) is 3.76. The zero-order valence-corrected chi connectivity index (χ0v) is 19.5. The smallest absolute Gasteiger partial charge is 0.224 e. The largest absolute Gasteiger partial charge is 0.492 e. The van der Waals surface area contributed by atoms with Crippen molar-refractivity contribution in [3.8, 4) is 5.75 Å². The monoisotopic (exact) mass is 468 g/mol. The highest BCUT2D eigenvalue weighted by molar-refractivity contribution is 5.91. The van der Waals surface area contributed by atoms with Crippen molar-refractivity contribution in [3.63, 3.8) is 0 Å². The maximum absolute atomic E-state index is 12.2. The first-order valence-corrected chi connectivity index (χ1v) is 9.79. The Balaban J connectivity index is 0.00000261. The van der Waals surface area contributed by atoms with Gasteiger partial charge in [0.05, 0.1) is 0 Å². The molecule has 0 unspecified atom stereocenters. The number of carbonyl (C=O) groups is 1. The number of nitrogens with two attached hydrogens (primary N) is 1. The van der Waals surface area contributed by atoms with Crippen LogP contribution < -0.4 is 15.8 Å². The molecule has 0 aromatic heterocycles. The average molecular weight is 470 g/mol. The summed E-state index contributed by atoms with van der Waals surface area (Å²) in [5, 5.41) is 2.97. The Kier molecular flexibility index (Phi) is 13.9. The summed E-state index contributed by atoms with van der Waals surface area (Å²) in [6, 6.07) is 7.81. The van der Waals surface area contributed by atoms with Crippen LogP contribution in [0.2, 0.25) is 0 Å². The third kappa shape index (κ3) is 9.28. The Hall–Kier alpha value is -0.760. The van der Waals surface area contributed by atoms with E-state index in [1.54, 1.807) is 0 Å². The number of nitrogens with one attached hydrogen (secondary N) is 1. The van der Waals surface area contributed by atoms with Crippen LogP contribution in [0.3, 0.4) is 0 Å². The molecule has 9 heteroatoms. The van der Waals surface area contributed by atoms with Crippen LogP contribution in [0.1, 0.15) is 25.7 Å². The molecule has 3 N–H and O–H groups in total. The number of anilines is 1. The van der Waals surface area contributed by atoms with Crippen LogP contribution in [0.5, 0.6) is 5.75 Å². The van der Waals surface area contributed by atoms with Crippen molar-refractivity contribution < 1.29 is 9.53 Å². The number of carbonyl (C=O) groups excluding carboxylic acids is 1. The van der Waals surface area contributed by atoms with E-state index in [1.165, 1.54) is 0 Å². The van der Waals surface area contributed by atoms with Crippen molar-refractivity contribution in [1.29, 1.82) is 0 Å². The molecule has 1 aromatic rings. The number of amides is 1. The van der Waals surface area contributed by atoms with Gasteiger partial charge in [-0.25, -0.2) is 0 Å². The average Bonchev–Trinajstić information content (AvgIpc) is 3.03. The van der Waals surface area contributed by atoms with E-state index in [2.05, 4.69) is 22.2 Å². The van der Waals surface area contributed by atoms with Crippen LogP contribution in [0.25, 0.3) is 0 Å². The molecule has 1 heterocycles. The van der Waals surface area contributed by atoms with Crippen LogP contribution >= 0.6 is 37.2 Å². The fraction of sp³-hybridized carbons (Fsp3) is 0.650. The molecule has 0 spiro atoms. The summed E-state index contributed by atoms with van der Waals surface area (Å²) in [4.78, 5) is 16.9. The summed E-state index contributed by atoms with van der Waals surface area (Å²) in [5.74, 6) is 1.22. The lowest BCUT2D eigenvalue weighted by atomic mass is 10.00. The van der Waals surface area contributed by atoms with Gasteiger partial charge in [-0.2, -0.15) is 0 Å². The summed E-state index contributed by atoms with van der Waals surface area (Å²) in [7, 11) is 2.16. The minimum Gasteiger partial charge on any atom is -0.492 e. The van der Waals surface area contributed by atoms with Gasteiger partial charge in [-0.15, -0.1) is 37.2 Å². The zero-order chi connectivity index (χ0) is 18.4. The van der Waals surface area contributed by atoms with Crippen molar-refractivity contribution in [1.82, 2.24) is 9.80 Å². The SMILES string of the molecule is CN1CCN(CCOc2ccc(NC(=O)C[C@@H]3CCC[C@H]3N)cc2)CC1.Cl.Cl.Cl. The summed E-state index contributed by atoms with van der Waals surface area (Å²) in [5.41, 5.74) is 6.86. The number of hydrogen-bond donors (Lipinski definition) is 2. The van der Waals surface area contributed by atoms with Crippen LogP contribution in [0.4, 0.5) is 5.69 Å². The lowest BCUT2D eigenvalue weighted by Gasteiger charge is -2.32. The first kappa shape index (κ1) is 28.2. The molecule has 1 aliphatic heterocycles. The quantitative estimate of drug-likeness (QED) is 0.642. The van der Waals surface area contributed by atoms with Gasteiger partial charge in [-0.05, 0) is 50.1 Å². The molecule has 1 aliphatic carbocycles. The van der Waals surface area contributed by atoms with E-state index in [4.69, 9.17) is 10.5 Å². The Bertz CT molecular complexity index is 584. The highest BCUT2D eigenvalue weighted by Crippen LogP contribution is 2.27. The second kappa shape index (κ2) is 14.3. The van der Waals surface area contributed by atoms with Crippen LogP contribution in [0, 0.1) is 5.92 Å². The fourth-order valence-corrected chi connectivity index (χ4v) is 3.77. The lowest BCUT2D eigenvalue weighted by molar-refractivity contribution is -0.117. The number of benzene rings is 1. The van der Waals surface area contributed by atoms with Crippen LogP contribution in [-0.4, -0.2) is 68.1 Å². The molecule has 6 nitrogen and oxygen atoms in total. The fourth-order valence-electron chi connectivity index (χ4n) is 3.77. The minimum atomic E-state index is 0. The first-order chi connectivity index (χ1) is 12.6. The van der Waals surface area contributed by atoms with Crippen molar-refractivity contribution in [2.75, 3.05) is 51.7 Å². The van der Waals surface area contributed by atoms with Crippen LogP contribution in [-0.2, 0) is 4.79 Å². The van der Waals surface area contributed by atoms with Gasteiger partial charge >= 0.3 is 0 Å². The molecule has 2 fully saturated rings. The van der Waals surface area contributed by atoms with Gasteiger partial charge in [-0.1, -0.05) is 6.42 Å². The molecule has 2 aliphatic rings. The molecule has 29 heavy (non-hydrogen) atoms. The van der Waals surface area contributed by atoms with Crippen molar-refractivity contribution in [3.05, 3.63) is 24.3 Å². The molecule has 2 atom stereocenters. The molecule has 1 saturated heterocycles. The third-order valence-electron chi connectivity index (χ3n) is 5.58. The maximum Gasteiger partial charge on any atom is 0.224 e. The number of piperazine rings is 1. The normalized spacial score (nSPS) is 22.0. The van der Waals surface area contributed by atoms with Crippen molar-refractivity contribution in [2.24, 2.45) is 11.7 Å². The third-order valence-corrected chi connectivity index (χ3v) is 5.58. The van der Waals surface area contributed by atoms with E-state index >= 15 is 0 Å². The highest BCUT2D eigenvalue weighted by Gasteiger charge is 2.26. The molecule has 0 bridgehead atoms. The second-order valence-electron chi connectivity index (χ2n) is 7.62. The van der Waals surface area contributed by atoms with E-state index in [9.17, 15) is 4.79 Å². The summed E-state index contributed by atoms with van der Waals surface area (Å²) >= 11 is 0. The predicted octanol–water partition coefficient (Wildman–Crippen LogP) is 3.03. The van der Waals surface area contributed by atoms with Crippen molar-refractivity contribution >= 4 is 48.8 Å². The van der Waals surface area contributed by atoms with Gasteiger partial charge in [0.1, 0.15) is 12.4 Å². The first-order valence-electron chi connectivity index (χ1n) is 9.79.